The molecule has 1 unspecified atom stereocenters. The summed E-state index contributed by atoms with van der Waals surface area (Å²) in [6.45, 7) is 4.09. The molecule has 0 bridgehead atoms. The van der Waals surface area contributed by atoms with E-state index in [2.05, 4.69) is 10.2 Å². The molecule has 102 valence electrons. The molecule has 1 aromatic rings. The SMILES string of the molecule is NC(=S)C(c1ccc2c(c1)OCO2)N1CCNCC1. The molecule has 0 saturated carbocycles. The molecule has 2 heterocycles. The quantitative estimate of drug-likeness (QED) is 0.792. The van der Waals surface area contributed by atoms with Crippen LogP contribution in [0.1, 0.15) is 11.6 Å². The molecule has 2 aliphatic rings. The van der Waals surface area contributed by atoms with E-state index in [1.165, 1.54) is 0 Å². The molecule has 19 heavy (non-hydrogen) atoms. The van der Waals surface area contributed by atoms with Gasteiger partial charge in [-0.2, -0.15) is 0 Å². The molecule has 1 atom stereocenters. The fourth-order valence-corrected chi connectivity index (χ4v) is 2.86. The number of hydrogen-bond donors (Lipinski definition) is 2. The standard InChI is InChI=1S/C13H17N3O2S/c14-13(19)12(16-5-3-15-4-6-16)9-1-2-10-11(7-9)18-8-17-10/h1-2,7,12,15H,3-6,8H2,(H2,14,19). The highest BCUT2D eigenvalue weighted by Gasteiger charge is 2.26. The minimum Gasteiger partial charge on any atom is -0.454 e. The normalized spacial score (nSPS) is 20.2. The summed E-state index contributed by atoms with van der Waals surface area (Å²) in [4.78, 5) is 2.80. The Kier molecular flexibility index (Phi) is 3.54. The van der Waals surface area contributed by atoms with E-state index < -0.39 is 0 Å². The number of fused-ring (bicyclic) bond motifs is 1. The maximum absolute atomic E-state index is 5.94. The van der Waals surface area contributed by atoms with Crippen molar-refractivity contribution in [2.24, 2.45) is 5.73 Å². The Bertz CT molecular complexity index is 489. The molecule has 0 aromatic heterocycles. The van der Waals surface area contributed by atoms with Crippen LogP contribution in [0, 0.1) is 0 Å². The second-order valence-corrected chi connectivity index (χ2v) is 5.17. The first-order chi connectivity index (χ1) is 9.25. The molecule has 0 spiro atoms. The molecule has 6 heteroatoms. The van der Waals surface area contributed by atoms with Gasteiger partial charge in [-0.05, 0) is 17.7 Å². The van der Waals surface area contributed by atoms with Gasteiger partial charge in [0.2, 0.25) is 6.79 Å². The van der Waals surface area contributed by atoms with Crippen molar-refractivity contribution < 1.29 is 9.47 Å². The smallest absolute Gasteiger partial charge is 0.231 e. The molecule has 3 rings (SSSR count). The van der Waals surface area contributed by atoms with Crippen LogP contribution >= 0.6 is 12.2 Å². The van der Waals surface area contributed by atoms with E-state index in [1.807, 2.05) is 18.2 Å². The van der Waals surface area contributed by atoms with Crippen LogP contribution in [0.5, 0.6) is 11.5 Å². The number of rotatable bonds is 3. The Morgan fingerprint density at radius 1 is 1.26 bits per heavy atom. The number of benzene rings is 1. The maximum atomic E-state index is 5.94. The van der Waals surface area contributed by atoms with Gasteiger partial charge in [0.05, 0.1) is 11.0 Å². The van der Waals surface area contributed by atoms with Crippen molar-refractivity contribution in [1.82, 2.24) is 10.2 Å². The van der Waals surface area contributed by atoms with Crippen LogP contribution in [0.2, 0.25) is 0 Å². The summed E-state index contributed by atoms with van der Waals surface area (Å²) in [7, 11) is 0. The van der Waals surface area contributed by atoms with Crippen LogP contribution in [0.4, 0.5) is 0 Å². The molecular weight excluding hydrogens is 262 g/mol. The largest absolute Gasteiger partial charge is 0.454 e. The lowest BCUT2D eigenvalue weighted by Crippen LogP contribution is -2.48. The van der Waals surface area contributed by atoms with Crippen LogP contribution in [-0.4, -0.2) is 42.9 Å². The summed E-state index contributed by atoms with van der Waals surface area (Å²) in [6, 6.07) is 5.88. The van der Waals surface area contributed by atoms with Crippen molar-refractivity contribution in [1.29, 1.82) is 0 Å². The van der Waals surface area contributed by atoms with Crippen molar-refractivity contribution in [3.8, 4) is 11.5 Å². The molecule has 2 aliphatic heterocycles. The van der Waals surface area contributed by atoms with Gasteiger partial charge in [-0.1, -0.05) is 18.3 Å². The highest BCUT2D eigenvalue weighted by Crippen LogP contribution is 2.35. The van der Waals surface area contributed by atoms with E-state index in [0.29, 0.717) is 4.99 Å². The summed E-state index contributed by atoms with van der Waals surface area (Å²) in [5.41, 5.74) is 7.01. The van der Waals surface area contributed by atoms with Crippen molar-refractivity contribution >= 4 is 17.2 Å². The van der Waals surface area contributed by atoms with Gasteiger partial charge in [-0.3, -0.25) is 4.90 Å². The number of nitrogens with two attached hydrogens (primary N) is 1. The molecule has 0 amide bonds. The molecule has 1 fully saturated rings. The summed E-state index contributed by atoms with van der Waals surface area (Å²) in [5.74, 6) is 1.56. The van der Waals surface area contributed by atoms with E-state index in [9.17, 15) is 0 Å². The zero-order chi connectivity index (χ0) is 13.2. The van der Waals surface area contributed by atoms with Gasteiger partial charge in [0.15, 0.2) is 11.5 Å². The third-order valence-corrected chi connectivity index (χ3v) is 3.72. The summed E-state index contributed by atoms with van der Waals surface area (Å²) in [5, 5.41) is 3.33. The Balaban J connectivity index is 1.89. The first-order valence-electron chi connectivity index (χ1n) is 6.39. The predicted octanol–water partition coefficient (Wildman–Crippen LogP) is 0.648. The Labute approximate surface area is 117 Å². The van der Waals surface area contributed by atoms with E-state index in [0.717, 1.165) is 43.2 Å². The summed E-state index contributed by atoms with van der Waals surface area (Å²) in [6.07, 6.45) is 0. The van der Waals surface area contributed by atoms with Gasteiger partial charge in [0.25, 0.3) is 0 Å². The van der Waals surface area contributed by atoms with Gasteiger partial charge < -0.3 is 20.5 Å². The highest BCUT2D eigenvalue weighted by molar-refractivity contribution is 7.80. The van der Waals surface area contributed by atoms with E-state index in [1.54, 1.807) is 0 Å². The van der Waals surface area contributed by atoms with Gasteiger partial charge >= 0.3 is 0 Å². The molecule has 1 aromatic carbocycles. The minimum atomic E-state index is -0.0356. The molecule has 0 radical (unpaired) electrons. The van der Waals surface area contributed by atoms with Crippen LogP contribution in [0.15, 0.2) is 18.2 Å². The highest BCUT2D eigenvalue weighted by atomic mass is 32.1. The fraction of sp³-hybridized carbons (Fsp3) is 0.462. The average molecular weight is 279 g/mol. The summed E-state index contributed by atoms with van der Waals surface area (Å²) >= 11 is 5.25. The van der Waals surface area contributed by atoms with E-state index in [4.69, 9.17) is 27.4 Å². The zero-order valence-electron chi connectivity index (χ0n) is 10.6. The van der Waals surface area contributed by atoms with Crippen LogP contribution in [-0.2, 0) is 0 Å². The maximum Gasteiger partial charge on any atom is 0.231 e. The lowest BCUT2D eigenvalue weighted by atomic mass is 10.0. The zero-order valence-corrected chi connectivity index (χ0v) is 11.4. The van der Waals surface area contributed by atoms with Crippen LogP contribution in [0.25, 0.3) is 0 Å². The van der Waals surface area contributed by atoms with Gasteiger partial charge in [0, 0.05) is 26.2 Å². The van der Waals surface area contributed by atoms with Crippen LogP contribution < -0.4 is 20.5 Å². The first kappa shape index (κ1) is 12.7. The molecule has 3 N–H and O–H groups in total. The third-order valence-electron chi connectivity index (χ3n) is 3.50. The second kappa shape index (κ2) is 5.32. The second-order valence-electron chi connectivity index (χ2n) is 4.70. The monoisotopic (exact) mass is 279 g/mol. The summed E-state index contributed by atoms with van der Waals surface area (Å²) < 4.78 is 10.7. The molecule has 5 nitrogen and oxygen atoms in total. The fourth-order valence-electron chi connectivity index (χ4n) is 2.58. The molecule has 0 aliphatic carbocycles. The number of piperazine rings is 1. The number of nitrogens with zero attached hydrogens (tertiary/aromatic N) is 1. The number of ether oxygens (including phenoxy) is 2. The number of thiocarbonyl (C=S) groups is 1. The lowest BCUT2D eigenvalue weighted by molar-refractivity contribution is 0.173. The Morgan fingerprint density at radius 3 is 2.74 bits per heavy atom. The van der Waals surface area contributed by atoms with Crippen molar-refractivity contribution in [3.63, 3.8) is 0 Å². The van der Waals surface area contributed by atoms with Crippen molar-refractivity contribution in [2.75, 3.05) is 33.0 Å². The van der Waals surface area contributed by atoms with Gasteiger partial charge in [-0.25, -0.2) is 0 Å². The Morgan fingerprint density at radius 2 is 2.00 bits per heavy atom. The third kappa shape index (κ3) is 2.51. The van der Waals surface area contributed by atoms with Crippen molar-refractivity contribution in [2.45, 2.75) is 6.04 Å². The van der Waals surface area contributed by atoms with Crippen molar-refractivity contribution in [3.05, 3.63) is 23.8 Å². The first-order valence-corrected chi connectivity index (χ1v) is 6.80. The number of hydrogen-bond acceptors (Lipinski definition) is 5. The number of nitrogens with one attached hydrogen (secondary N) is 1. The van der Waals surface area contributed by atoms with Gasteiger partial charge in [-0.15, -0.1) is 0 Å². The lowest BCUT2D eigenvalue weighted by Gasteiger charge is -2.34. The molecular formula is C13H17N3O2S. The van der Waals surface area contributed by atoms with Gasteiger partial charge in [0.1, 0.15) is 0 Å². The predicted molar refractivity (Wildman–Crippen MR) is 76.5 cm³/mol. The minimum absolute atomic E-state index is 0.0356. The van der Waals surface area contributed by atoms with Crippen LogP contribution in [0.3, 0.4) is 0 Å². The average Bonchev–Trinajstić information content (AvgIpc) is 2.87. The molecule has 1 saturated heterocycles. The Hall–Kier alpha value is -1.37. The van der Waals surface area contributed by atoms with E-state index >= 15 is 0 Å². The van der Waals surface area contributed by atoms with E-state index in [-0.39, 0.29) is 12.8 Å². The topological polar surface area (TPSA) is 59.8 Å².